The van der Waals surface area contributed by atoms with Crippen LogP contribution in [0.2, 0.25) is 0 Å². The van der Waals surface area contributed by atoms with Crippen molar-refractivity contribution in [2.24, 2.45) is 0 Å². The van der Waals surface area contributed by atoms with Gasteiger partial charge in [-0.05, 0) is 12.1 Å². The highest BCUT2D eigenvalue weighted by Crippen LogP contribution is 2.07. The molecule has 0 aliphatic heterocycles. The van der Waals surface area contributed by atoms with Crippen LogP contribution in [-0.2, 0) is 14.8 Å². The number of nitrogens with zero attached hydrogens (tertiary/aromatic N) is 2. The van der Waals surface area contributed by atoms with Gasteiger partial charge in [-0.2, -0.15) is 5.26 Å². The summed E-state index contributed by atoms with van der Waals surface area (Å²) in [6.45, 7) is 0. The Morgan fingerprint density at radius 1 is 1.53 bits per heavy atom. The highest BCUT2D eigenvalue weighted by atomic mass is 32.2. The molecule has 7 nitrogen and oxygen atoms in total. The van der Waals surface area contributed by atoms with Crippen LogP contribution < -0.4 is 4.72 Å². The zero-order valence-electron chi connectivity index (χ0n) is 8.62. The van der Waals surface area contributed by atoms with E-state index in [-0.39, 0.29) is 5.82 Å². The molecule has 0 aliphatic carbocycles. The summed E-state index contributed by atoms with van der Waals surface area (Å²) in [6.07, 6.45) is 0.737. The molecule has 1 heterocycles. The first-order valence-corrected chi connectivity index (χ1v) is 6.16. The van der Waals surface area contributed by atoms with Crippen LogP contribution in [0.4, 0.5) is 5.82 Å². The topological polar surface area (TPSA) is 120 Å². The van der Waals surface area contributed by atoms with E-state index in [9.17, 15) is 13.2 Å². The monoisotopic (exact) mass is 255 g/mol. The third-order valence-corrected chi connectivity index (χ3v) is 3.00. The highest BCUT2D eigenvalue weighted by Gasteiger charge is 2.13. The number of carbonyl (C=O) groups is 1. The van der Waals surface area contributed by atoms with E-state index in [0.29, 0.717) is 5.56 Å². The second-order valence-corrected chi connectivity index (χ2v) is 4.95. The number of nitrogens with one attached hydrogen (secondary N) is 1. The van der Waals surface area contributed by atoms with Gasteiger partial charge < -0.3 is 5.11 Å². The molecule has 0 saturated carbocycles. The summed E-state index contributed by atoms with van der Waals surface area (Å²) in [6, 6.07) is 4.57. The van der Waals surface area contributed by atoms with Crippen LogP contribution in [-0.4, -0.2) is 30.2 Å². The lowest BCUT2D eigenvalue weighted by Crippen LogP contribution is -2.19. The van der Waals surface area contributed by atoms with Gasteiger partial charge in [0, 0.05) is 6.20 Å². The van der Waals surface area contributed by atoms with Gasteiger partial charge in [-0.3, -0.25) is 9.52 Å². The number of anilines is 1. The Labute approximate surface area is 97.8 Å². The first-order valence-electron chi connectivity index (χ1n) is 4.51. The fourth-order valence-electron chi connectivity index (χ4n) is 0.952. The summed E-state index contributed by atoms with van der Waals surface area (Å²) in [7, 11) is -3.73. The third kappa shape index (κ3) is 4.48. The molecular formula is C9H9N3O4S. The lowest BCUT2D eigenvalue weighted by molar-refractivity contribution is -0.136. The fraction of sp³-hybridized carbons (Fsp3) is 0.222. The number of nitriles is 1. The second-order valence-electron chi connectivity index (χ2n) is 3.11. The molecule has 2 N–H and O–H groups in total. The molecule has 0 unspecified atom stereocenters. The Morgan fingerprint density at radius 3 is 2.71 bits per heavy atom. The number of carboxylic acids is 1. The van der Waals surface area contributed by atoms with Crippen molar-refractivity contribution in [3.8, 4) is 6.07 Å². The molecule has 0 fully saturated rings. The molecule has 0 bridgehead atoms. The Balaban J connectivity index is 2.70. The number of aromatic nitrogens is 1. The van der Waals surface area contributed by atoms with Gasteiger partial charge in [0.2, 0.25) is 10.0 Å². The zero-order valence-corrected chi connectivity index (χ0v) is 9.44. The minimum Gasteiger partial charge on any atom is -0.481 e. The maximum Gasteiger partial charge on any atom is 0.304 e. The molecule has 17 heavy (non-hydrogen) atoms. The van der Waals surface area contributed by atoms with E-state index in [1.807, 2.05) is 6.07 Å². The Bertz CT molecular complexity index is 545. The lowest BCUT2D eigenvalue weighted by atomic mass is 10.3. The standard InChI is InChI=1S/C9H9N3O4S/c10-5-7-1-2-8(11-6-7)12-17(15,16)4-3-9(13)14/h1-2,6H,3-4H2,(H,11,12)(H,13,14). The second kappa shape index (κ2) is 5.27. The molecule has 1 aromatic rings. The number of hydrogen-bond acceptors (Lipinski definition) is 5. The number of aliphatic carboxylic acids is 1. The van der Waals surface area contributed by atoms with Crippen LogP contribution in [0.15, 0.2) is 18.3 Å². The van der Waals surface area contributed by atoms with Gasteiger partial charge in [0.15, 0.2) is 0 Å². The van der Waals surface area contributed by atoms with Crippen LogP contribution in [0.5, 0.6) is 0 Å². The number of rotatable bonds is 5. The van der Waals surface area contributed by atoms with E-state index in [1.165, 1.54) is 18.3 Å². The molecule has 1 aromatic heterocycles. The van der Waals surface area contributed by atoms with Crippen molar-refractivity contribution in [2.75, 3.05) is 10.5 Å². The fourth-order valence-corrected chi connectivity index (χ4v) is 1.94. The van der Waals surface area contributed by atoms with Crippen molar-refractivity contribution < 1.29 is 18.3 Å². The van der Waals surface area contributed by atoms with E-state index >= 15 is 0 Å². The molecule has 0 radical (unpaired) electrons. The lowest BCUT2D eigenvalue weighted by Gasteiger charge is -2.05. The molecule has 8 heteroatoms. The van der Waals surface area contributed by atoms with Crippen molar-refractivity contribution in [2.45, 2.75) is 6.42 Å². The first-order chi connectivity index (χ1) is 7.93. The Hall–Kier alpha value is -2.14. The first kappa shape index (κ1) is 12.9. The van der Waals surface area contributed by atoms with Crippen molar-refractivity contribution in [3.63, 3.8) is 0 Å². The highest BCUT2D eigenvalue weighted by molar-refractivity contribution is 7.92. The summed E-state index contributed by atoms with van der Waals surface area (Å²) >= 11 is 0. The average molecular weight is 255 g/mol. The molecule has 0 aromatic carbocycles. The maximum atomic E-state index is 11.4. The van der Waals surface area contributed by atoms with Crippen molar-refractivity contribution in [1.29, 1.82) is 5.26 Å². The van der Waals surface area contributed by atoms with Gasteiger partial charge >= 0.3 is 5.97 Å². The van der Waals surface area contributed by atoms with E-state index in [2.05, 4.69) is 9.71 Å². The summed E-state index contributed by atoms with van der Waals surface area (Å²) in [4.78, 5) is 13.9. The smallest absolute Gasteiger partial charge is 0.304 e. The van der Waals surface area contributed by atoms with Gasteiger partial charge in [-0.25, -0.2) is 13.4 Å². The molecule has 90 valence electrons. The quantitative estimate of drug-likeness (QED) is 0.773. The van der Waals surface area contributed by atoms with E-state index < -0.39 is 28.2 Å². The number of sulfonamides is 1. The Kier molecular flexibility index (Phi) is 4.01. The normalized spacial score (nSPS) is 10.5. The minimum absolute atomic E-state index is 0.0504. The predicted octanol–water partition coefficient (Wildman–Crippen LogP) is 0.170. The maximum absolute atomic E-state index is 11.4. The van der Waals surface area contributed by atoms with Crippen molar-refractivity contribution >= 4 is 21.8 Å². The van der Waals surface area contributed by atoms with Gasteiger partial charge in [0.1, 0.15) is 11.9 Å². The van der Waals surface area contributed by atoms with E-state index in [0.717, 1.165) is 0 Å². The van der Waals surface area contributed by atoms with Crippen molar-refractivity contribution in [3.05, 3.63) is 23.9 Å². The number of pyridine rings is 1. The summed E-state index contributed by atoms with van der Waals surface area (Å²) in [5, 5.41) is 16.9. The molecule has 0 aliphatic rings. The van der Waals surface area contributed by atoms with E-state index in [1.54, 1.807) is 0 Å². The molecule has 0 spiro atoms. The van der Waals surface area contributed by atoms with Crippen LogP contribution in [0.3, 0.4) is 0 Å². The summed E-state index contributed by atoms with van der Waals surface area (Å²) in [5.74, 6) is -1.66. The van der Waals surface area contributed by atoms with Gasteiger partial charge in [0.25, 0.3) is 0 Å². The minimum atomic E-state index is -3.73. The van der Waals surface area contributed by atoms with Crippen LogP contribution in [0.1, 0.15) is 12.0 Å². The van der Waals surface area contributed by atoms with E-state index in [4.69, 9.17) is 10.4 Å². The van der Waals surface area contributed by atoms with Crippen LogP contribution in [0, 0.1) is 11.3 Å². The molecule has 0 saturated heterocycles. The molecule has 0 amide bonds. The number of hydrogen-bond donors (Lipinski definition) is 2. The van der Waals surface area contributed by atoms with Crippen molar-refractivity contribution in [1.82, 2.24) is 4.98 Å². The van der Waals surface area contributed by atoms with Gasteiger partial charge in [0.05, 0.1) is 17.7 Å². The zero-order chi connectivity index (χ0) is 12.9. The van der Waals surface area contributed by atoms with Gasteiger partial charge in [-0.1, -0.05) is 0 Å². The molecule has 0 atom stereocenters. The Morgan fingerprint density at radius 2 is 2.24 bits per heavy atom. The van der Waals surface area contributed by atoms with Crippen LogP contribution in [0.25, 0.3) is 0 Å². The third-order valence-electron chi connectivity index (χ3n) is 1.74. The molecular weight excluding hydrogens is 246 g/mol. The number of carboxylic acid groups (broad SMARTS) is 1. The average Bonchev–Trinajstić information content (AvgIpc) is 2.27. The summed E-state index contributed by atoms with van der Waals surface area (Å²) in [5.41, 5.74) is 0.304. The van der Waals surface area contributed by atoms with Gasteiger partial charge in [-0.15, -0.1) is 0 Å². The SMILES string of the molecule is N#Cc1ccc(NS(=O)(=O)CCC(=O)O)nc1. The summed E-state index contributed by atoms with van der Waals surface area (Å²) < 4.78 is 24.9. The van der Waals surface area contributed by atoms with Crippen LogP contribution >= 0.6 is 0 Å². The largest absolute Gasteiger partial charge is 0.481 e. The molecule has 1 rings (SSSR count). The predicted molar refractivity (Wildman–Crippen MR) is 58.6 cm³/mol.